The van der Waals surface area contributed by atoms with Crippen LogP contribution in [-0.4, -0.2) is 35.7 Å². The number of hydrogen-bond donors (Lipinski definition) is 2. The van der Waals surface area contributed by atoms with Crippen LogP contribution in [0.1, 0.15) is 37.3 Å². The molecule has 0 fully saturated rings. The van der Waals surface area contributed by atoms with E-state index in [1.807, 2.05) is 32.0 Å². The zero-order chi connectivity index (χ0) is 15.0. The van der Waals surface area contributed by atoms with E-state index in [9.17, 15) is 4.79 Å². The minimum Gasteiger partial charge on any atom is -0.395 e. The highest BCUT2D eigenvalue weighted by Crippen LogP contribution is 2.18. The fourth-order valence-electron chi connectivity index (χ4n) is 2.07. The lowest BCUT2D eigenvalue weighted by Gasteiger charge is -2.23. The Balaban J connectivity index is 2.67. The molecular formula is C16H26N2O2. The first-order chi connectivity index (χ1) is 9.60. The predicted octanol–water partition coefficient (Wildman–Crippen LogP) is 3.32. The quantitative estimate of drug-likeness (QED) is 0.752. The number of amides is 2. The van der Waals surface area contributed by atoms with Crippen molar-refractivity contribution in [1.29, 1.82) is 0 Å². The first-order valence-corrected chi connectivity index (χ1v) is 7.33. The van der Waals surface area contributed by atoms with Gasteiger partial charge in [-0.1, -0.05) is 31.9 Å². The maximum atomic E-state index is 12.3. The Labute approximate surface area is 121 Å². The van der Waals surface area contributed by atoms with E-state index < -0.39 is 0 Å². The maximum absolute atomic E-state index is 12.3. The first-order valence-electron chi connectivity index (χ1n) is 7.33. The van der Waals surface area contributed by atoms with Crippen LogP contribution in [-0.2, 0) is 0 Å². The van der Waals surface area contributed by atoms with E-state index in [-0.39, 0.29) is 12.6 Å². The second-order valence-electron chi connectivity index (χ2n) is 5.10. The second kappa shape index (κ2) is 8.59. The average molecular weight is 278 g/mol. The molecule has 2 amide bonds. The molecule has 0 aromatic heterocycles. The molecule has 0 atom stereocenters. The smallest absolute Gasteiger partial charge is 0.321 e. The van der Waals surface area contributed by atoms with Crippen LogP contribution in [0.3, 0.4) is 0 Å². The minimum atomic E-state index is -0.135. The number of aliphatic hydroxyl groups excluding tert-OH is 1. The predicted molar refractivity (Wildman–Crippen MR) is 83.1 cm³/mol. The van der Waals surface area contributed by atoms with Gasteiger partial charge in [0.15, 0.2) is 0 Å². The van der Waals surface area contributed by atoms with Crippen molar-refractivity contribution < 1.29 is 9.90 Å². The fourth-order valence-corrected chi connectivity index (χ4v) is 2.07. The number of carbonyl (C=O) groups excluding carboxylic acids is 1. The lowest BCUT2D eigenvalue weighted by atomic mass is 10.1. The fraction of sp³-hybridized carbons (Fsp3) is 0.562. The molecule has 0 spiro atoms. The summed E-state index contributed by atoms with van der Waals surface area (Å²) in [5.41, 5.74) is 3.08. The standard InChI is InChI=1S/C16H26N2O2/c1-4-5-6-10-18(11-12-19)16(20)17-15-9-7-8-13(2)14(15)3/h7-9,19H,4-6,10-12H2,1-3H3,(H,17,20). The van der Waals surface area contributed by atoms with Gasteiger partial charge in [-0.05, 0) is 37.5 Å². The van der Waals surface area contributed by atoms with Gasteiger partial charge in [-0.25, -0.2) is 4.79 Å². The molecule has 4 nitrogen and oxygen atoms in total. The number of aryl methyl sites for hydroxylation is 1. The van der Waals surface area contributed by atoms with Crippen LogP contribution in [0.25, 0.3) is 0 Å². The van der Waals surface area contributed by atoms with Gasteiger partial charge in [-0.2, -0.15) is 0 Å². The molecule has 0 radical (unpaired) electrons. The monoisotopic (exact) mass is 278 g/mol. The highest BCUT2D eigenvalue weighted by molar-refractivity contribution is 5.90. The summed E-state index contributed by atoms with van der Waals surface area (Å²) in [6.07, 6.45) is 3.18. The second-order valence-corrected chi connectivity index (χ2v) is 5.10. The number of urea groups is 1. The zero-order valence-electron chi connectivity index (χ0n) is 12.8. The molecule has 2 N–H and O–H groups in total. The Morgan fingerprint density at radius 1 is 1.25 bits per heavy atom. The van der Waals surface area contributed by atoms with E-state index in [1.54, 1.807) is 4.90 Å². The van der Waals surface area contributed by atoms with Crippen molar-refractivity contribution in [2.75, 3.05) is 25.0 Å². The van der Waals surface area contributed by atoms with Gasteiger partial charge in [0.1, 0.15) is 0 Å². The Bertz CT molecular complexity index is 432. The van der Waals surface area contributed by atoms with Crippen molar-refractivity contribution in [3.63, 3.8) is 0 Å². The normalized spacial score (nSPS) is 10.4. The average Bonchev–Trinajstić information content (AvgIpc) is 2.43. The number of nitrogens with zero attached hydrogens (tertiary/aromatic N) is 1. The number of unbranched alkanes of at least 4 members (excludes halogenated alkanes) is 2. The number of nitrogens with one attached hydrogen (secondary N) is 1. The molecule has 1 rings (SSSR count). The van der Waals surface area contributed by atoms with Crippen molar-refractivity contribution in [1.82, 2.24) is 4.90 Å². The number of carbonyl (C=O) groups is 1. The lowest BCUT2D eigenvalue weighted by Crippen LogP contribution is -2.38. The van der Waals surface area contributed by atoms with Crippen LogP contribution in [0.4, 0.5) is 10.5 Å². The van der Waals surface area contributed by atoms with E-state index in [0.717, 1.165) is 36.1 Å². The molecule has 20 heavy (non-hydrogen) atoms. The highest BCUT2D eigenvalue weighted by atomic mass is 16.3. The van der Waals surface area contributed by atoms with E-state index >= 15 is 0 Å². The minimum absolute atomic E-state index is 0.00759. The van der Waals surface area contributed by atoms with E-state index in [0.29, 0.717) is 13.1 Å². The largest absolute Gasteiger partial charge is 0.395 e. The van der Waals surface area contributed by atoms with E-state index in [4.69, 9.17) is 5.11 Å². The summed E-state index contributed by atoms with van der Waals surface area (Å²) in [6, 6.07) is 5.73. The summed E-state index contributed by atoms with van der Waals surface area (Å²) in [5, 5.41) is 12.0. The molecule has 112 valence electrons. The Hall–Kier alpha value is -1.55. The van der Waals surface area contributed by atoms with Crippen molar-refractivity contribution >= 4 is 11.7 Å². The van der Waals surface area contributed by atoms with Crippen LogP contribution in [0, 0.1) is 13.8 Å². The molecule has 0 aliphatic rings. The molecule has 0 bridgehead atoms. The van der Waals surface area contributed by atoms with E-state index in [2.05, 4.69) is 12.2 Å². The van der Waals surface area contributed by atoms with Gasteiger partial charge in [0.25, 0.3) is 0 Å². The van der Waals surface area contributed by atoms with Gasteiger partial charge in [0.05, 0.1) is 6.61 Å². The highest BCUT2D eigenvalue weighted by Gasteiger charge is 2.13. The number of hydrogen-bond acceptors (Lipinski definition) is 2. The van der Waals surface area contributed by atoms with Gasteiger partial charge in [0, 0.05) is 18.8 Å². The van der Waals surface area contributed by atoms with Crippen LogP contribution in [0.5, 0.6) is 0 Å². The maximum Gasteiger partial charge on any atom is 0.321 e. The molecule has 0 aliphatic carbocycles. The third kappa shape index (κ3) is 4.85. The topological polar surface area (TPSA) is 52.6 Å². The van der Waals surface area contributed by atoms with E-state index in [1.165, 1.54) is 0 Å². The van der Waals surface area contributed by atoms with Crippen molar-refractivity contribution in [3.8, 4) is 0 Å². The summed E-state index contributed by atoms with van der Waals surface area (Å²) in [7, 11) is 0. The molecule has 0 saturated heterocycles. The summed E-state index contributed by atoms with van der Waals surface area (Å²) in [6.45, 7) is 7.21. The molecule has 1 aromatic rings. The molecular weight excluding hydrogens is 252 g/mol. The van der Waals surface area contributed by atoms with Crippen LogP contribution in [0.15, 0.2) is 18.2 Å². The zero-order valence-corrected chi connectivity index (χ0v) is 12.8. The van der Waals surface area contributed by atoms with Crippen LogP contribution < -0.4 is 5.32 Å². The van der Waals surface area contributed by atoms with Crippen molar-refractivity contribution in [3.05, 3.63) is 29.3 Å². The van der Waals surface area contributed by atoms with Gasteiger partial charge in [0.2, 0.25) is 0 Å². The van der Waals surface area contributed by atoms with Gasteiger partial charge in [-0.15, -0.1) is 0 Å². The van der Waals surface area contributed by atoms with Gasteiger partial charge >= 0.3 is 6.03 Å². The Morgan fingerprint density at radius 3 is 2.65 bits per heavy atom. The third-order valence-corrected chi connectivity index (χ3v) is 3.53. The summed E-state index contributed by atoms with van der Waals surface area (Å²) >= 11 is 0. The molecule has 0 unspecified atom stereocenters. The first kappa shape index (κ1) is 16.5. The van der Waals surface area contributed by atoms with Crippen molar-refractivity contribution in [2.45, 2.75) is 40.0 Å². The van der Waals surface area contributed by atoms with Gasteiger partial charge < -0.3 is 15.3 Å². The van der Waals surface area contributed by atoms with Crippen LogP contribution >= 0.6 is 0 Å². The third-order valence-electron chi connectivity index (χ3n) is 3.53. The molecule has 0 heterocycles. The number of benzene rings is 1. The molecule has 0 aliphatic heterocycles. The molecule has 1 aromatic carbocycles. The number of aliphatic hydroxyl groups is 1. The van der Waals surface area contributed by atoms with Crippen molar-refractivity contribution in [2.24, 2.45) is 0 Å². The Morgan fingerprint density at radius 2 is 2.00 bits per heavy atom. The lowest BCUT2D eigenvalue weighted by molar-refractivity contribution is 0.187. The Kier molecular flexibility index (Phi) is 7.09. The number of rotatable bonds is 7. The number of anilines is 1. The SMILES string of the molecule is CCCCCN(CCO)C(=O)Nc1cccc(C)c1C. The molecule has 0 saturated carbocycles. The summed E-state index contributed by atoms with van der Waals surface area (Å²) in [4.78, 5) is 13.9. The van der Waals surface area contributed by atoms with Gasteiger partial charge in [-0.3, -0.25) is 0 Å². The summed E-state index contributed by atoms with van der Waals surface area (Å²) in [5.74, 6) is 0. The molecule has 4 heteroatoms. The van der Waals surface area contributed by atoms with Crippen LogP contribution in [0.2, 0.25) is 0 Å². The summed E-state index contributed by atoms with van der Waals surface area (Å²) < 4.78 is 0.